The van der Waals surface area contributed by atoms with Crippen LogP contribution in [0.5, 0.6) is 0 Å². The van der Waals surface area contributed by atoms with Crippen LogP contribution in [0, 0.1) is 31.0 Å². The third-order valence-electron chi connectivity index (χ3n) is 5.24. The highest BCUT2D eigenvalue weighted by Gasteiger charge is 2.23. The van der Waals surface area contributed by atoms with Gasteiger partial charge in [0.25, 0.3) is 5.91 Å². The number of aryl methyl sites for hydroxylation is 2. The maximum absolute atomic E-state index is 13.3. The fraction of sp³-hybridized carbons (Fsp3) is 0.185. The fourth-order valence-electron chi connectivity index (χ4n) is 3.45. The smallest absolute Gasteiger partial charge is 0.339 e. The molecule has 3 aromatic carbocycles. The molecule has 3 rings (SSSR count). The molecule has 6 nitrogen and oxygen atoms in total. The molecule has 0 bridgehead atoms. The summed E-state index contributed by atoms with van der Waals surface area (Å²) in [6.07, 6.45) is 0.0459. The van der Waals surface area contributed by atoms with Gasteiger partial charge >= 0.3 is 5.97 Å². The standard InChI is InChI=1S/C27H23FN2O4/c1-18-8-9-19(2)24(16-18)26(32)22-6-3-4-7-23(22)27(33)34-17-25(31)30(15-5-14-29)21-12-10-20(28)11-13-21/h3-4,6-13,16H,5,15,17H2,1-2H3. The molecule has 0 aliphatic heterocycles. The Morgan fingerprint density at radius 2 is 1.62 bits per heavy atom. The third kappa shape index (κ3) is 5.73. The zero-order valence-corrected chi connectivity index (χ0v) is 18.9. The maximum Gasteiger partial charge on any atom is 0.339 e. The Kier molecular flexibility index (Phi) is 7.88. The van der Waals surface area contributed by atoms with Crippen molar-refractivity contribution >= 4 is 23.3 Å². The van der Waals surface area contributed by atoms with Gasteiger partial charge in [0, 0.05) is 23.4 Å². The number of anilines is 1. The molecule has 1 amide bonds. The number of rotatable bonds is 8. The second kappa shape index (κ2) is 11.0. The zero-order valence-electron chi connectivity index (χ0n) is 18.9. The lowest BCUT2D eigenvalue weighted by atomic mass is 9.94. The van der Waals surface area contributed by atoms with Gasteiger partial charge in [-0.1, -0.05) is 35.9 Å². The summed E-state index contributed by atoms with van der Waals surface area (Å²) in [6.45, 7) is 3.15. The summed E-state index contributed by atoms with van der Waals surface area (Å²) in [7, 11) is 0. The number of nitrogens with zero attached hydrogens (tertiary/aromatic N) is 2. The van der Waals surface area contributed by atoms with Crippen LogP contribution in [-0.4, -0.2) is 30.8 Å². The number of halogens is 1. The number of ether oxygens (including phenoxy) is 1. The zero-order chi connectivity index (χ0) is 24.7. The average Bonchev–Trinajstić information content (AvgIpc) is 2.84. The Labute approximate surface area is 197 Å². The maximum atomic E-state index is 13.3. The number of nitriles is 1. The molecule has 0 heterocycles. The van der Waals surface area contributed by atoms with Crippen LogP contribution in [0.4, 0.5) is 10.1 Å². The van der Waals surface area contributed by atoms with Crippen LogP contribution in [-0.2, 0) is 9.53 Å². The molecule has 0 saturated heterocycles. The quantitative estimate of drug-likeness (QED) is 0.358. The van der Waals surface area contributed by atoms with Crippen molar-refractivity contribution in [1.29, 1.82) is 5.26 Å². The number of ketones is 1. The van der Waals surface area contributed by atoms with E-state index in [2.05, 4.69) is 0 Å². The lowest BCUT2D eigenvalue weighted by molar-refractivity contribution is -0.121. The molecule has 0 aromatic heterocycles. The molecule has 172 valence electrons. The lowest BCUT2D eigenvalue weighted by Gasteiger charge is -2.21. The topological polar surface area (TPSA) is 87.5 Å². The molecule has 0 N–H and O–H groups in total. The minimum atomic E-state index is -0.818. The number of esters is 1. The summed E-state index contributed by atoms with van der Waals surface area (Å²) in [4.78, 5) is 40.0. The average molecular weight is 458 g/mol. The Morgan fingerprint density at radius 3 is 2.29 bits per heavy atom. The first kappa shape index (κ1) is 24.3. The summed E-state index contributed by atoms with van der Waals surface area (Å²) < 4.78 is 18.5. The highest BCUT2D eigenvalue weighted by Crippen LogP contribution is 2.20. The summed E-state index contributed by atoms with van der Waals surface area (Å²) in [6, 6.07) is 18.9. The second-order valence-corrected chi connectivity index (χ2v) is 7.70. The molecule has 7 heteroatoms. The lowest BCUT2D eigenvalue weighted by Crippen LogP contribution is -2.35. The number of benzene rings is 3. The summed E-state index contributed by atoms with van der Waals surface area (Å²) >= 11 is 0. The largest absolute Gasteiger partial charge is 0.452 e. The van der Waals surface area contributed by atoms with E-state index >= 15 is 0 Å². The molecule has 0 atom stereocenters. The molecule has 0 fully saturated rings. The normalized spacial score (nSPS) is 10.3. The molecule has 0 aliphatic carbocycles. The molecule has 0 radical (unpaired) electrons. The van der Waals surface area contributed by atoms with Crippen molar-refractivity contribution in [2.75, 3.05) is 18.1 Å². The van der Waals surface area contributed by atoms with E-state index in [-0.39, 0.29) is 29.9 Å². The monoisotopic (exact) mass is 458 g/mol. The van der Waals surface area contributed by atoms with Gasteiger partial charge in [-0.3, -0.25) is 9.59 Å². The van der Waals surface area contributed by atoms with E-state index in [9.17, 15) is 18.8 Å². The Hall–Kier alpha value is -4.31. The number of carbonyl (C=O) groups excluding carboxylic acids is 3. The summed E-state index contributed by atoms with van der Waals surface area (Å²) in [5.74, 6) is -2.18. The van der Waals surface area contributed by atoms with Gasteiger partial charge in [-0.15, -0.1) is 0 Å². The van der Waals surface area contributed by atoms with E-state index in [4.69, 9.17) is 10.00 Å². The number of amides is 1. The number of carbonyl (C=O) groups is 3. The molecular weight excluding hydrogens is 435 g/mol. The summed E-state index contributed by atoms with van der Waals surface area (Å²) in [5.41, 5.74) is 2.78. The van der Waals surface area contributed by atoms with Crippen LogP contribution in [0.15, 0.2) is 66.7 Å². The first-order chi connectivity index (χ1) is 16.3. The first-order valence-corrected chi connectivity index (χ1v) is 10.6. The van der Waals surface area contributed by atoms with E-state index < -0.39 is 24.3 Å². The van der Waals surface area contributed by atoms with Crippen LogP contribution in [0.3, 0.4) is 0 Å². The van der Waals surface area contributed by atoms with Crippen molar-refractivity contribution in [1.82, 2.24) is 0 Å². The molecule has 0 unspecified atom stereocenters. The van der Waals surface area contributed by atoms with Gasteiger partial charge in [0.05, 0.1) is 18.1 Å². The van der Waals surface area contributed by atoms with Crippen molar-refractivity contribution in [3.05, 3.63) is 100 Å². The molecule has 34 heavy (non-hydrogen) atoms. The van der Waals surface area contributed by atoms with Crippen molar-refractivity contribution in [2.24, 2.45) is 0 Å². The van der Waals surface area contributed by atoms with Gasteiger partial charge in [0.2, 0.25) is 0 Å². The summed E-state index contributed by atoms with van der Waals surface area (Å²) in [5, 5.41) is 8.90. The Bertz CT molecular complexity index is 1260. The molecule has 3 aromatic rings. The van der Waals surface area contributed by atoms with Crippen molar-refractivity contribution in [3.8, 4) is 6.07 Å². The minimum absolute atomic E-state index is 0.0459. The van der Waals surface area contributed by atoms with Gasteiger partial charge in [0.1, 0.15) is 5.82 Å². The highest BCUT2D eigenvalue weighted by molar-refractivity contribution is 6.15. The van der Waals surface area contributed by atoms with Gasteiger partial charge in [0.15, 0.2) is 12.4 Å². The van der Waals surface area contributed by atoms with Gasteiger partial charge in [-0.2, -0.15) is 5.26 Å². The van der Waals surface area contributed by atoms with E-state index in [1.807, 2.05) is 32.0 Å². The van der Waals surface area contributed by atoms with Crippen LogP contribution in [0.1, 0.15) is 43.8 Å². The first-order valence-electron chi connectivity index (χ1n) is 10.6. The SMILES string of the molecule is Cc1ccc(C)c(C(=O)c2ccccc2C(=O)OCC(=O)N(CCC#N)c2ccc(F)cc2)c1. The number of hydrogen-bond acceptors (Lipinski definition) is 5. The van der Waals surface area contributed by atoms with E-state index in [1.165, 1.54) is 35.2 Å². The molecular formula is C27H23FN2O4. The third-order valence-corrected chi connectivity index (χ3v) is 5.24. The van der Waals surface area contributed by atoms with Crippen LogP contribution in [0.2, 0.25) is 0 Å². The predicted molar refractivity (Wildman–Crippen MR) is 125 cm³/mol. The molecule has 0 spiro atoms. The van der Waals surface area contributed by atoms with Crippen molar-refractivity contribution < 1.29 is 23.5 Å². The minimum Gasteiger partial charge on any atom is -0.452 e. The van der Waals surface area contributed by atoms with Crippen molar-refractivity contribution in [3.63, 3.8) is 0 Å². The highest BCUT2D eigenvalue weighted by atomic mass is 19.1. The van der Waals surface area contributed by atoms with Crippen molar-refractivity contribution in [2.45, 2.75) is 20.3 Å². The van der Waals surface area contributed by atoms with Gasteiger partial charge < -0.3 is 9.64 Å². The van der Waals surface area contributed by atoms with Gasteiger partial charge in [-0.25, -0.2) is 9.18 Å². The van der Waals surface area contributed by atoms with E-state index in [0.29, 0.717) is 11.3 Å². The van der Waals surface area contributed by atoms with Crippen LogP contribution >= 0.6 is 0 Å². The predicted octanol–water partition coefficient (Wildman–Crippen LogP) is 4.78. The number of hydrogen-bond donors (Lipinski definition) is 0. The van der Waals surface area contributed by atoms with Crippen LogP contribution < -0.4 is 4.90 Å². The molecule has 0 saturated carbocycles. The van der Waals surface area contributed by atoms with E-state index in [1.54, 1.807) is 24.3 Å². The second-order valence-electron chi connectivity index (χ2n) is 7.70. The Morgan fingerprint density at radius 1 is 0.941 bits per heavy atom. The molecule has 0 aliphatic rings. The van der Waals surface area contributed by atoms with Crippen LogP contribution in [0.25, 0.3) is 0 Å². The van der Waals surface area contributed by atoms with Gasteiger partial charge in [-0.05, 0) is 55.8 Å². The Balaban J connectivity index is 1.78. The fourth-order valence-corrected chi connectivity index (χ4v) is 3.45. The van der Waals surface area contributed by atoms with E-state index in [0.717, 1.165) is 11.1 Å².